The van der Waals surface area contributed by atoms with Gasteiger partial charge in [0.25, 0.3) is 0 Å². The van der Waals surface area contributed by atoms with Crippen molar-refractivity contribution in [3.05, 3.63) is 54.6 Å². The van der Waals surface area contributed by atoms with Crippen molar-refractivity contribution in [1.29, 1.82) is 0 Å². The van der Waals surface area contributed by atoms with Gasteiger partial charge < -0.3 is 15.4 Å². The highest BCUT2D eigenvalue weighted by atomic mass is 16.5. The van der Waals surface area contributed by atoms with E-state index >= 15 is 0 Å². The zero-order valence-corrected chi connectivity index (χ0v) is 19.2. The van der Waals surface area contributed by atoms with Crippen LogP contribution in [0, 0.1) is 5.92 Å². The third-order valence-electron chi connectivity index (χ3n) is 5.97. The van der Waals surface area contributed by atoms with Gasteiger partial charge >= 0.3 is 0 Å². The molecule has 1 aliphatic rings. The van der Waals surface area contributed by atoms with E-state index in [0.717, 1.165) is 38.0 Å². The number of nitrogens with one attached hydrogen (secondary N) is 2. The van der Waals surface area contributed by atoms with Crippen LogP contribution >= 0.6 is 0 Å². The van der Waals surface area contributed by atoms with Gasteiger partial charge in [0.1, 0.15) is 5.75 Å². The number of hydrogen-bond acceptors (Lipinski definition) is 4. The summed E-state index contributed by atoms with van der Waals surface area (Å²) in [6, 6.07) is 17.3. The van der Waals surface area contributed by atoms with Crippen molar-refractivity contribution in [2.24, 2.45) is 5.92 Å². The number of piperidine rings is 1. The average Bonchev–Trinajstić information content (AvgIpc) is 2.80. The van der Waals surface area contributed by atoms with Gasteiger partial charge in [0, 0.05) is 32.1 Å². The Morgan fingerprint density at radius 3 is 2.59 bits per heavy atom. The fraction of sp³-hybridized carbons (Fsp3) is 0.462. The molecule has 2 amide bonds. The van der Waals surface area contributed by atoms with E-state index in [-0.39, 0.29) is 17.7 Å². The van der Waals surface area contributed by atoms with E-state index in [0.29, 0.717) is 37.0 Å². The Morgan fingerprint density at radius 1 is 1.06 bits per heavy atom. The van der Waals surface area contributed by atoms with E-state index in [9.17, 15) is 9.59 Å². The molecular formula is C26H35N3O3. The molecule has 32 heavy (non-hydrogen) atoms. The fourth-order valence-corrected chi connectivity index (χ4v) is 3.97. The van der Waals surface area contributed by atoms with Gasteiger partial charge in [0.05, 0.1) is 11.6 Å². The Hall–Kier alpha value is -2.86. The highest BCUT2D eigenvalue weighted by molar-refractivity contribution is 5.92. The van der Waals surface area contributed by atoms with Crippen molar-refractivity contribution < 1.29 is 14.3 Å². The molecule has 172 valence electrons. The topological polar surface area (TPSA) is 70.7 Å². The lowest BCUT2D eigenvalue weighted by molar-refractivity contribution is -0.127. The number of para-hydroxylation sites is 3. The van der Waals surface area contributed by atoms with Gasteiger partial charge in [-0.05, 0) is 50.5 Å². The van der Waals surface area contributed by atoms with Gasteiger partial charge in [-0.25, -0.2) is 0 Å². The molecule has 2 atom stereocenters. The number of carbonyl (C=O) groups excluding carboxylic acids is 2. The molecule has 6 nitrogen and oxygen atoms in total. The molecule has 2 aromatic carbocycles. The Morgan fingerprint density at radius 2 is 1.81 bits per heavy atom. The second kappa shape index (κ2) is 12.2. The molecule has 0 aromatic heterocycles. The van der Waals surface area contributed by atoms with Gasteiger partial charge in [0.2, 0.25) is 11.8 Å². The maximum Gasteiger partial charge on any atom is 0.225 e. The van der Waals surface area contributed by atoms with Crippen molar-refractivity contribution in [2.75, 3.05) is 25.0 Å². The second-order valence-electron chi connectivity index (χ2n) is 8.47. The van der Waals surface area contributed by atoms with Gasteiger partial charge in [-0.2, -0.15) is 0 Å². The summed E-state index contributed by atoms with van der Waals surface area (Å²) >= 11 is 0. The summed E-state index contributed by atoms with van der Waals surface area (Å²) < 4.78 is 5.93. The van der Waals surface area contributed by atoms with Crippen LogP contribution in [0.3, 0.4) is 0 Å². The number of likely N-dealkylation sites (tertiary alicyclic amines) is 1. The third-order valence-corrected chi connectivity index (χ3v) is 5.97. The Bertz CT molecular complexity index is 872. The summed E-state index contributed by atoms with van der Waals surface area (Å²) in [6.45, 7) is 6.38. The average molecular weight is 438 g/mol. The Labute approximate surface area is 191 Å². The monoisotopic (exact) mass is 437 g/mol. The van der Waals surface area contributed by atoms with E-state index in [1.54, 1.807) is 0 Å². The zero-order valence-electron chi connectivity index (χ0n) is 19.2. The van der Waals surface area contributed by atoms with Crippen LogP contribution in [0.2, 0.25) is 0 Å². The summed E-state index contributed by atoms with van der Waals surface area (Å²) in [6.07, 6.45) is 4.33. The lowest BCUT2D eigenvalue weighted by atomic mass is 9.92. The van der Waals surface area contributed by atoms with Crippen LogP contribution in [0.4, 0.5) is 5.69 Å². The van der Waals surface area contributed by atoms with Gasteiger partial charge in [-0.15, -0.1) is 0 Å². The van der Waals surface area contributed by atoms with Crippen LogP contribution in [-0.2, 0) is 9.59 Å². The molecule has 2 aromatic rings. The van der Waals surface area contributed by atoms with E-state index in [1.165, 1.54) is 0 Å². The normalized spacial score (nSPS) is 18.7. The van der Waals surface area contributed by atoms with Crippen LogP contribution < -0.4 is 15.4 Å². The van der Waals surface area contributed by atoms with Crippen LogP contribution in [-0.4, -0.2) is 42.4 Å². The standard InChI is InChI=1S/C26H35N3O3/c1-3-4-17-27-26(31)21-15-14-20(2)29(19-21)18-16-25(30)28-23-12-8-9-13-24(23)32-22-10-6-5-7-11-22/h5-13,20-21H,3-4,14-19H2,1-2H3,(H,27,31)(H,28,30). The molecule has 1 heterocycles. The third kappa shape index (κ3) is 7.09. The molecule has 1 saturated heterocycles. The predicted octanol–water partition coefficient (Wildman–Crippen LogP) is 4.82. The summed E-state index contributed by atoms with van der Waals surface area (Å²) in [4.78, 5) is 27.4. The summed E-state index contributed by atoms with van der Waals surface area (Å²) in [7, 11) is 0. The van der Waals surface area contributed by atoms with E-state index < -0.39 is 0 Å². The second-order valence-corrected chi connectivity index (χ2v) is 8.47. The number of nitrogens with zero attached hydrogens (tertiary/aromatic N) is 1. The quantitative estimate of drug-likeness (QED) is 0.523. The Balaban J connectivity index is 1.51. The fourth-order valence-electron chi connectivity index (χ4n) is 3.97. The van der Waals surface area contributed by atoms with Crippen molar-refractivity contribution in [3.8, 4) is 11.5 Å². The SMILES string of the molecule is CCCCNC(=O)C1CCC(C)N(CCC(=O)Nc2ccccc2Oc2ccccc2)C1. The molecule has 2 unspecified atom stereocenters. The molecule has 0 saturated carbocycles. The van der Waals surface area contributed by atoms with Crippen molar-refractivity contribution in [1.82, 2.24) is 10.2 Å². The lowest BCUT2D eigenvalue weighted by Gasteiger charge is -2.37. The minimum absolute atomic E-state index is 0.00566. The van der Waals surface area contributed by atoms with Gasteiger partial charge in [0.15, 0.2) is 5.75 Å². The van der Waals surface area contributed by atoms with Gasteiger partial charge in [-0.3, -0.25) is 14.5 Å². The first-order valence-corrected chi connectivity index (χ1v) is 11.7. The summed E-state index contributed by atoms with van der Waals surface area (Å²) in [5.74, 6) is 1.43. The molecule has 0 spiro atoms. The largest absolute Gasteiger partial charge is 0.455 e. The van der Waals surface area contributed by atoms with Crippen molar-refractivity contribution in [2.45, 2.75) is 52.0 Å². The molecule has 6 heteroatoms. The maximum absolute atomic E-state index is 12.7. The molecule has 3 rings (SSSR count). The minimum Gasteiger partial charge on any atom is -0.455 e. The van der Waals surface area contributed by atoms with Crippen LogP contribution in [0.1, 0.15) is 46.0 Å². The minimum atomic E-state index is -0.0594. The summed E-state index contributed by atoms with van der Waals surface area (Å²) in [5, 5.41) is 6.04. The Kier molecular flexibility index (Phi) is 9.11. The number of amides is 2. The number of anilines is 1. The molecular weight excluding hydrogens is 402 g/mol. The molecule has 0 bridgehead atoms. The van der Waals surface area contributed by atoms with E-state index in [2.05, 4.69) is 29.4 Å². The molecule has 2 N–H and O–H groups in total. The number of hydrogen-bond donors (Lipinski definition) is 2. The molecule has 0 aliphatic carbocycles. The highest BCUT2D eigenvalue weighted by Crippen LogP contribution is 2.29. The number of ether oxygens (including phenoxy) is 1. The van der Waals surface area contributed by atoms with Crippen LogP contribution in [0.25, 0.3) is 0 Å². The first-order valence-electron chi connectivity index (χ1n) is 11.7. The van der Waals surface area contributed by atoms with Crippen molar-refractivity contribution >= 4 is 17.5 Å². The number of benzene rings is 2. The van der Waals surface area contributed by atoms with E-state index in [4.69, 9.17) is 4.74 Å². The predicted molar refractivity (Wildman–Crippen MR) is 128 cm³/mol. The van der Waals surface area contributed by atoms with Crippen LogP contribution in [0.5, 0.6) is 11.5 Å². The first-order chi connectivity index (χ1) is 15.6. The first kappa shape index (κ1) is 23.8. The highest BCUT2D eigenvalue weighted by Gasteiger charge is 2.29. The van der Waals surface area contributed by atoms with Gasteiger partial charge in [-0.1, -0.05) is 43.7 Å². The number of carbonyl (C=O) groups is 2. The van der Waals surface area contributed by atoms with Crippen LogP contribution in [0.15, 0.2) is 54.6 Å². The van der Waals surface area contributed by atoms with Crippen molar-refractivity contribution in [3.63, 3.8) is 0 Å². The van der Waals surface area contributed by atoms with E-state index in [1.807, 2.05) is 54.6 Å². The lowest BCUT2D eigenvalue weighted by Crippen LogP contribution is -2.47. The maximum atomic E-state index is 12.7. The smallest absolute Gasteiger partial charge is 0.225 e. The number of rotatable bonds is 10. The summed E-state index contributed by atoms with van der Waals surface area (Å²) in [5.41, 5.74) is 0.654. The zero-order chi connectivity index (χ0) is 22.8. The molecule has 1 aliphatic heterocycles. The molecule has 1 fully saturated rings. The number of unbranched alkanes of at least 4 members (excludes halogenated alkanes) is 1. The molecule has 0 radical (unpaired) electrons.